The van der Waals surface area contributed by atoms with Crippen molar-refractivity contribution in [3.8, 4) is 5.75 Å². The van der Waals surface area contributed by atoms with E-state index in [0.29, 0.717) is 17.9 Å². The predicted molar refractivity (Wildman–Crippen MR) is 43.3 cm³/mol. The quantitative estimate of drug-likeness (QED) is 0.580. The van der Waals surface area contributed by atoms with Crippen molar-refractivity contribution in [2.24, 2.45) is 0 Å². The van der Waals surface area contributed by atoms with Crippen molar-refractivity contribution in [1.82, 2.24) is 4.98 Å². The van der Waals surface area contributed by atoms with E-state index in [-0.39, 0.29) is 11.9 Å². The average Bonchev–Trinajstić information content (AvgIpc) is 2.04. The van der Waals surface area contributed by atoms with Crippen molar-refractivity contribution in [3.63, 3.8) is 0 Å². The molecule has 12 heavy (non-hydrogen) atoms. The van der Waals surface area contributed by atoms with Crippen molar-refractivity contribution < 1.29 is 9.53 Å². The summed E-state index contributed by atoms with van der Waals surface area (Å²) in [4.78, 5) is 15.3. The molecule has 0 aliphatic carbocycles. The van der Waals surface area contributed by atoms with Crippen molar-refractivity contribution in [2.45, 2.75) is 19.4 Å². The van der Waals surface area contributed by atoms with E-state index in [4.69, 9.17) is 4.74 Å². The summed E-state index contributed by atoms with van der Waals surface area (Å²) in [6.07, 6.45) is 2.02. The molecule has 0 N–H and O–H groups in total. The van der Waals surface area contributed by atoms with Crippen molar-refractivity contribution >= 4 is 5.78 Å². The van der Waals surface area contributed by atoms with Crippen molar-refractivity contribution in [3.05, 3.63) is 24.0 Å². The summed E-state index contributed by atoms with van der Waals surface area (Å²) in [6, 6.07) is 3.54. The lowest BCUT2D eigenvalue weighted by Crippen LogP contribution is -2.24. The second kappa shape index (κ2) is 2.59. The fourth-order valence-electron chi connectivity index (χ4n) is 1.31. The summed E-state index contributed by atoms with van der Waals surface area (Å²) in [5.74, 6) is 0.686. The lowest BCUT2D eigenvalue weighted by Gasteiger charge is -2.20. The van der Waals surface area contributed by atoms with E-state index in [1.54, 1.807) is 18.3 Å². The van der Waals surface area contributed by atoms with Gasteiger partial charge in [0.1, 0.15) is 17.5 Å². The third-order valence-electron chi connectivity index (χ3n) is 1.84. The molecule has 2 heterocycles. The molecule has 3 heteroatoms. The lowest BCUT2D eigenvalue weighted by atomic mass is 10.1. The molecular weight excluding hydrogens is 154 g/mol. The van der Waals surface area contributed by atoms with E-state index < -0.39 is 0 Å². The number of hydrogen-bond donors (Lipinski definition) is 0. The Hall–Kier alpha value is -1.38. The van der Waals surface area contributed by atoms with Gasteiger partial charge in [0.15, 0.2) is 5.78 Å². The topological polar surface area (TPSA) is 39.2 Å². The standard InChI is InChI=1S/C9H9NO2/c1-6-5-7(11)9-8(12-6)3-2-4-10-9/h2-4,6H,5H2,1H3. The molecule has 62 valence electrons. The first-order valence-electron chi connectivity index (χ1n) is 3.92. The van der Waals surface area contributed by atoms with Crippen LogP contribution in [0, 0.1) is 0 Å². The number of ketones is 1. The molecule has 0 radical (unpaired) electrons. The van der Waals surface area contributed by atoms with Crippen LogP contribution in [0.1, 0.15) is 23.8 Å². The van der Waals surface area contributed by atoms with Crippen LogP contribution in [0.4, 0.5) is 0 Å². The highest BCUT2D eigenvalue weighted by atomic mass is 16.5. The highest BCUT2D eigenvalue weighted by Crippen LogP contribution is 2.24. The maximum absolute atomic E-state index is 11.4. The number of hydrogen-bond acceptors (Lipinski definition) is 3. The van der Waals surface area contributed by atoms with E-state index in [1.165, 1.54) is 0 Å². The third kappa shape index (κ3) is 1.07. The minimum Gasteiger partial charge on any atom is -0.488 e. The van der Waals surface area contributed by atoms with Gasteiger partial charge in [-0.15, -0.1) is 0 Å². The van der Waals surface area contributed by atoms with Crippen LogP contribution in [0.2, 0.25) is 0 Å². The maximum Gasteiger partial charge on any atom is 0.188 e. The Labute approximate surface area is 70.4 Å². The first kappa shape index (κ1) is 7.28. The van der Waals surface area contributed by atoms with Gasteiger partial charge in [-0.3, -0.25) is 4.79 Å². The van der Waals surface area contributed by atoms with Crippen LogP contribution in [-0.2, 0) is 0 Å². The van der Waals surface area contributed by atoms with Gasteiger partial charge in [0.2, 0.25) is 0 Å². The van der Waals surface area contributed by atoms with Crippen LogP contribution in [0.25, 0.3) is 0 Å². The number of fused-ring (bicyclic) bond motifs is 1. The SMILES string of the molecule is CC1CC(=O)c2ncccc2O1. The van der Waals surface area contributed by atoms with Gasteiger partial charge in [0.05, 0.1) is 0 Å². The second-order valence-corrected chi connectivity index (χ2v) is 2.91. The molecule has 0 amide bonds. The van der Waals surface area contributed by atoms with Crippen LogP contribution < -0.4 is 4.74 Å². The largest absolute Gasteiger partial charge is 0.488 e. The molecule has 1 aromatic rings. The Kier molecular flexibility index (Phi) is 1.57. The number of pyridine rings is 1. The summed E-state index contributed by atoms with van der Waals surface area (Å²) in [5.41, 5.74) is 0.468. The molecule has 2 rings (SSSR count). The van der Waals surface area contributed by atoms with Gasteiger partial charge in [0.25, 0.3) is 0 Å². The highest BCUT2D eigenvalue weighted by molar-refractivity contribution is 5.97. The van der Waals surface area contributed by atoms with Gasteiger partial charge in [-0.25, -0.2) is 4.98 Å². The Morgan fingerprint density at radius 3 is 3.33 bits per heavy atom. The van der Waals surface area contributed by atoms with Gasteiger partial charge >= 0.3 is 0 Å². The molecule has 0 saturated carbocycles. The van der Waals surface area contributed by atoms with E-state index in [2.05, 4.69) is 4.98 Å². The number of carbonyl (C=O) groups excluding carboxylic acids is 1. The van der Waals surface area contributed by atoms with E-state index >= 15 is 0 Å². The molecular formula is C9H9NO2. The number of ether oxygens (including phenoxy) is 1. The van der Waals surface area contributed by atoms with Crippen LogP contribution in [0.5, 0.6) is 5.75 Å². The third-order valence-corrected chi connectivity index (χ3v) is 1.84. The van der Waals surface area contributed by atoms with E-state index in [1.807, 2.05) is 6.92 Å². The average molecular weight is 163 g/mol. The van der Waals surface area contributed by atoms with Gasteiger partial charge in [0, 0.05) is 12.6 Å². The van der Waals surface area contributed by atoms with E-state index in [0.717, 1.165) is 0 Å². The van der Waals surface area contributed by atoms with Crippen LogP contribution in [0.15, 0.2) is 18.3 Å². The molecule has 1 unspecified atom stereocenters. The van der Waals surface area contributed by atoms with Crippen LogP contribution >= 0.6 is 0 Å². The molecule has 1 aromatic heterocycles. The van der Waals surface area contributed by atoms with Crippen LogP contribution in [0.3, 0.4) is 0 Å². The first-order chi connectivity index (χ1) is 5.77. The first-order valence-corrected chi connectivity index (χ1v) is 3.92. The zero-order valence-corrected chi connectivity index (χ0v) is 6.78. The van der Waals surface area contributed by atoms with Crippen molar-refractivity contribution in [1.29, 1.82) is 0 Å². The smallest absolute Gasteiger partial charge is 0.188 e. The molecule has 3 nitrogen and oxygen atoms in total. The van der Waals surface area contributed by atoms with Crippen molar-refractivity contribution in [2.75, 3.05) is 0 Å². The molecule has 0 fully saturated rings. The number of rotatable bonds is 0. The molecule has 1 atom stereocenters. The molecule has 0 spiro atoms. The number of Topliss-reactive ketones (excluding diaryl/α,β-unsaturated/α-hetero) is 1. The predicted octanol–water partition coefficient (Wildman–Crippen LogP) is 1.44. The molecule has 0 bridgehead atoms. The normalized spacial score (nSPS) is 21.4. The Bertz CT molecular complexity index is 322. The highest BCUT2D eigenvalue weighted by Gasteiger charge is 2.23. The number of aromatic nitrogens is 1. The number of nitrogens with zero attached hydrogens (tertiary/aromatic N) is 1. The summed E-state index contributed by atoms with van der Waals surface area (Å²) >= 11 is 0. The zero-order chi connectivity index (χ0) is 8.55. The summed E-state index contributed by atoms with van der Waals surface area (Å²) < 4.78 is 5.42. The minimum atomic E-state index is -0.0193. The maximum atomic E-state index is 11.4. The van der Waals surface area contributed by atoms with Gasteiger partial charge in [-0.05, 0) is 19.1 Å². The minimum absolute atomic E-state index is 0.0193. The van der Waals surface area contributed by atoms with E-state index in [9.17, 15) is 4.79 Å². The second-order valence-electron chi connectivity index (χ2n) is 2.91. The molecule has 0 aromatic carbocycles. The number of carbonyl (C=O) groups is 1. The zero-order valence-electron chi connectivity index (χ0n) is 6.78. The van der Waals surface area contributed by atoms with Gasteiger partial charge < -0.3 is 4.74 Å². The summed E-state index contributed by atoms with van der Waals surface area (Å²) in [5, 5.41) is 0. The van der Waals surface area contributed by atoms with Gasteiger partial charge in [-0.2, -0.15) is 0 Å². The lowest BCUT2D eigenvalue weighted by molar-refractivity contribution is 0.0863. The fourth-order valence-corrected chi connectivity index (χ4v) is 1.31. The molecule has 0 saturated heterocycles. The Morgan fingerprint density at radius 2 is 2.50 bits per heavy atom. The summed E-state index contributed by atoms with van der Waals surface area (Å²) in [6.45, 7) is 1.88. The van der Waals surface area contributed by atoms with Crippen LogP contribution in [-0.4, -0.2) is 16.9 Å². The Balaban J connectivity index is 2.47. The molecule has 1 aliphatic rings. The fraction of sp³-hybridized carbons (Fsp3) is 0.333. The molecule has 1 aliphatic heterocycles. The summed E-state index contributed by atoms with van der Waals surface area (Å²) in [7, 11) is 0. The monoisotopic (exact) mass is 163 g/mol. The van der Waals surface area contributed by atoms with Gasteiger partial charge in [-0.1, -0.05) is 0 Å². The Morgan fingerprint density at radius 1 is 1.67 bits per heavy atom.